The molecule has 4 N–H and O–H groups in total. The van der Waals surface area contributed by atoms with Gasteiger partial charge in [0.2, 0.25) is 0 Å². The number of aliphatic hydroxyl groups is 2. The van der Waals surface area contributed by atoms with E-state index in [2.05, 4.69) is 0 Å². The lowest BCUT2D eigenvalue weighted by molar-refractivity contribution is 0.115. The summed E-state index contributed by atoms with van der Waals surface area (Å²) in [5.74, 6) is 1.89. The Morgan fingerprint density at radius 3 is 2.28 bits per heavy atom. The Morgan fingerprint density at radius 2 is 1.56 bits per heavy atom. The summed E-state index contributed by atoms with van der Waals surface area (Å²) < 4.78 is 13.0. The maximum atomic E-state index is 13.3. The molecule has 0 aliphatic heterocycles. The topological polar surface area (TPSA) is 102 Å². The molecule has 1 heterocycles. The van der Waals surface area contributed by atoms with Crippen LogP contribution in [-0.4, -0.2) is 36.1 Å². The van der Waals surface area contributed by atoms with Crippen molar-refractivity contribution in [3.8, 4) is 17.2 Å². The molecule has 0 bridgehead atoms. The van der Waals surface area contributed by atoms with Crippen LogP contribution in [0, 0.1) is 0 Å². The number of aliphatic hydroxyl groups excluding tert-OH is 2. The quantitative estimate of drug-likeness (QED) is 0.352. The number of nitrogens with two attached hydrogens (primary N) is 1. The van der Waals surface area contributed by atoms with E-state index in [1.807, 2.05) is 48.5 Å². The second-order valence-electron chi connectivity index (χ2n) is 7.88. The van der Waals surface area contributed by atoms with Crippen LogP contribution in [0.2, 0.25) is 0 Å². The summed E-state index contributed by atoms with van der Waals surface area (Å²) in [6.07, 6.45) is 0.962. The smallest absolute Gasteiger partial charge is 0.196 e. The van der Waals surface area contributed by atoms with Gasteiger partial charge in [0.15, 0.2) is 5.43 Å². The molecule has 4 aromatic rings. The number of hydrogen-bond donors (Lipinski definition) is 3. The third-order valence-corrected chi connectivity index (χ3v) is 6.67. The second-order valence-corrected chi connectivity index (χ2v) is 8.96. The third-order valence-electron chi connectivity index (χ3n) is 5.52. The highest BCUT2D eigenvalue weighted by Crippen LogP contribution is 2.31. The number of benzene rings is 3. The van der Waals surface area contributed by atoms with Crippen molar-refractivity contribution < 1.29 is 19.7 Å². The average Bonchev–Trinajstić information content (AvgIpc) is 2.83. The van der Waals surface area contributed by atoms with E-state index < -0.39 is 5.54 Å². The van der Waals surface area contributed by atoms with Gasteiger partial charge in [-0.25, -0.2) is 0 Å². The predicted octanol–water partition coefficient (Wildman–Crippen LogP) is 3.83. The Balaban J connectivity index is 1.68. The molecule has 0 spiro atoms. The van der Waals surface area contributed by atoms with E-state index in [1.54, 1.807) is 30.6 Å². The van der Waals surface area contributed by atoms with Gasteiger partial charge in [0.05, 0.1) is 25.9 Å². The zero-order valence-corrected chi connectivity index (χ0v) is 18.5. The summed E-state index contributed by atoms with van der Waals surface area (Å²) in [7, 11) is 1.60. The Kier molecular flexibility index (Phi) is 6.43. The first-order valence-corrected chi connectivity index (χ1v) is 11.1. The highest BCUT2D eigenvalue weighted by molar-refractivity contribution is 7.24. The molecule has 0 aliphatic rings. The van der Waals surface area contributed by atoms with E-state index in [9.17, 15) is 15.0 Å². The second kappa shape index (κ2) is 9.26. The van der Waals surface area contributed by atoms with Crippen molar-refractivity contribution in [2.45, 2.75) is 18.4 Å². The molecule has 0 aliphatic carbocycles. The first-order valence-electron chi connectivity index (χ1n) is 10.3. The minimum absolute atomic E-state index is 0.0602. The molecule has 0 radical (unpaired) electrons. The first-order chi connectivity index (χ1) is 15.4. The molecule has 166 valence electrons. The molecule has 0 saturated carbocycles. The van der Waals surface area contributed by atoms with Gasteiger partial charge in [-0.2, -0.15) is 0 Å². The summed E-state index contributed by atoms with van der Waals surface area (Å²) in [5, 5.41) is 20.0. The monoisotopic (exact) mass is 451 g/mol. The van der Waals surface area contributed by atoms with Crippen LogP contribution >= 0.6 is 11.3 Å². The highest BCUT2D eigenvalue weighted by Gasteiger charge is 2.22. The van der Waals surface area contributed by atoms with E-state index >= 15 is 0 Å². The summed E-state index contributed by atoms with van der Waals surface area (Å²) in [4.78, 5) is 13.3. The fourth-order valence-corrected chi connectivity index (χ4v) is 4.54. The van der Waals surface area contributed by atoms with Crippen LogP contribution in [0.3, 0.4) is 0 Å². The zero-order valence-electron chi connectivity index (χ0n) is 17.7. The van der Waals surface area contributed by atoms with Crippen LogP contribution in [0.5, 0.6) is 17.2 Å². The molecule has 4 rings (SSSR count). The van der Waals surface area contributed by atoms with Gasteiger partial charge in [-0.1, -0.05) is 12.1 Å². The molecule has 0 saturated heterocycles. The maximum Gasteiger partial charge on any atom is 0.196 e. The highest BCUT2D eigenvalue weighted by atomic mass is 32.1. The summed E-state index contributed by atoms with van der Waals surface area (Å²) in [5.41, 5.74) is 5.82. The summed E-state index contributed by atoms with van der Waals surface area (Å²) in [6.45, 7) is -0.598. The van der Waals surface area contributed by atoms with Crippen LogP contribution < -0.4 is 20.6 Å². The van der Waals surface area contributed by atoms with Gasteiger partial charge in [-0.15, -0.1) is 11.3 Å². The number of rotatable bonds is 8. The lowest BCUT2D eigenvalue weighted by Gasteiger charge is -2.24. The third kappa shape index (κ3) is 4.61. The van der Waals surface area contributed by atoms with Crippen molar-refractivity contribution in [1.82, 2.24) is 0 Å². The maximum absolute atomic E-state index is 13.3. The van der Waals surface area contributed by atoms with E-state index in [0.717, 1.165) is 15.0 Å². The van der Waals surface area contributed by atoms with Gasteiger partial charge >= 0.3 is 0 Å². The Bertz CT molecular complexity index is 1310. The van der Waals surface area contributed by atoms with Gasteiger partial charge in [0, 0.05) is 26.2 Å². The van der Waals surface area contributed by atoms with E-state index in [-0.39, 0.29) is 18.6 Å². The van der Waals surface area contributed by atoms with Gasteiger partial charge in [0.1, 0.15) is 17.2 Å². The SMILES string of the molecule is COc1cccc(Oc2ccc3sc4ccc(CCC(N)(CO)CO)cc4c(=O)c3c2)c1. The molecule has 0 amide bonds. The van der Waals surface area contributed by atoms with Crippen LogP contribution in [-0.2, 0) is 6.42 Å². The van der Waals surface area contributed by atoms with Gasteiger partial charge < -0.3 is 25.4 Å². The molecule has 7 heteroatoms. The van der Waals surface area contributed by atoms with Gasteiger partial charge in [-0.05, 0) is 60.9 Å². The summed E-state index contributed by atoms with van der Waals surface area (Å²) in [6, 6.07) is 18.6. The Labute approximate surface area is 189 Å². The molecule has 0 atom stereocenters. The molecular formula is C25H25NO5S. The molecular weight excluding hydrogens is 426 g/mol. The van der Waals surface area contributed by atoms with Crippen molar-refractivity contribution in [3.05, 3.63) is 76.5 Å². The number of ether oxygens (including phenoxy) is 2. The van der Waals surface area contributed by atoms with Crippen LogP contribution in [0.25, 0.3) is 20.2 Å². The minimum Gasteiger partial charge on any atom is -0.497 e. The van der Waals surface area contributed by atoms with Crippen molar-refractivity contribution in [2.24, 2.45) is 5.73 Å². The van der Waals surface area contributed by atoms with E-state index in [0.29, 0.717) is 40.9 Å². The molecule has 0 fully saturated rings. The lowest BCUT2D eigenvalue weighted by atomic mass is 9.93. The van der Waals surface area contributed by atoms with Crippen LogP contribution in [0.15, 0.2) is 65.5 Å². The molecule has 0 unspecified atom stereocenters. The average molecular weight is 452 g/mol. The minimum atomic E-state index is -1.03. The molecule has 32 heavy (non-hydrogen) atoms. The molecule has 6 nitrogen and oxygen atoms in total. The fraction of sp³-hybridized carbons (Fsp3) is 0.240. The first kappa shape index (κ1) is 22.2. The van der Waals surface area contributed by atoms with Crippen molar-refractivity contribution in [3.63, 3.8) is 0 Å². The predicted molar refractivity (Wildman–Crippen MR) is 128 cm³/mol. The number of hydrogen-bond acceptors (Lipinski definition) is 7. The number of fused-ring (bicyclic) bond motifs is 2. The van der Waals surface area contributed by atoms with Crippen LogP contribution in [0.1, 0.15) is 12.0 Å². The largest absolute Gasteiger partial charge is 0.497 e. The van der Waals surface area contributed by atoms with Crippen LogP contribution in [0.4, 0.5) is 0 Å². The fourth-order valence-electron chi connectivity index (χ4n) is 3.50. The Hall–Kier alpha value is -2.97. The zero-order chi connectivity index (χ0) is 22.7. The molecule has 1 aromatic heterocycles. The number of methoxy groups -OCH3 is 1. The number of aryl methyl sites for hydroxylation is 1. The van der Waals surface area contributed by atoms with Crippen molar-refractivity contribution in [2.75, 3.05) is 20.3 Å². The van der Waals surface area contributed by atoms with Gasteiger partial charge in [-0.3, -0.25) is 4.79 Å². The normalized spacial score (nSPS) is 11.8. The summed E-state index contributed by atoms with van der Waals surface area (Å²) >= 11 is 1.55. The molecule has 3 aromatic carbocycles. The van der Waals surface area contributed by atoms with Crippen molar-refractivity contribution >= 4 is 31.5 Å². The van der Waals surface area contributed by atoms with E-state index in [4.69, 9.17) is 15.2 Å². The lowest BCUT2D eigenvalue weighted by Crippen LogP contribution is -2.47. The van der Waals surface area contributed by atoms with Crippen molar-refractivity contribution in [1.29, 1.82) is 0 Å². The standard InChI is InChI=1S/C25H25NO5S/c1-30-17-3-2-4-18(12-17)31-19-6-8-23-21(13-19)24(29)20-11-16(5-7-22(20)32-23)9-10-25(26,14-27)15-28/h2-8,11-13,27-28H,9-10,14-15,26H2,1H3. The van der Waals surface area contributed by atoms with E-state index in [1.165, 1.54) is 0 Å². The Morgan fingerprint density at radius 1 is 0.906 bits per heavy atom. The van der Waals surface area contributed by atoms with Gasteiger partial charge in [0.25, 0.3) is 0 Å².